The highest BCUT2D eigenvalue weighted by Gasteiger charge is 2.26. The Labute approximate surface area is 85.5 Å². The van der Waals surface area contributed by atoms with Gasteiger partial charge in [0.2, 0.25) is 0 Å². The summed E-state index contributed by atoms with van der Waals surface area (Å²) in [5.74, 6) is 1.35. The maximum Gasteiger partial charge on any atom is 0.279 e. The third-order valence-corrected chi connectivity index (χ3v) is 2.88. The summed E-state index contributed by atoms with van der Waals surface area (Å²) in [6.07, 6.45) is 0. The fourth-order valence-corrected chi connectivity index (χ4v) is 2.04. The molecule has 0 spiro atoms. The summed E-state index contributed by atoms with van der Waals surface area (Å²) in [6.45, 7) is 4.42. The van der Waals surface area contributed by atoms with E-state index in [4.69, 9.17) is 0 Å². The Morgan fingerprint density at radius 3 is 2.57 bits per heavy atom. The van der Waals surface area contributed by atoms with Crippen molar-refractivity contribution in [3.8, 4) is 0 Å². The predicted octanol–water partition coefficient (Wildman–Crippen LogP) is 1.33. The van der Waals surface area contributed by atoms with Gasteiger partial charge < -0.3 is 0 Å². The van der Waals surface area contributed by atoms with Crippen molar-refractivity contribution in [2.45, 2.75) is 6.92 Å². The fraction of sp³-hybridized carbons (Fsp3) is 0.417. The first-order valence-corrected chi connectivity index (χ1v) is 5.05. The van der Waals surface area contributed by atoms with Crippen LogP contribution in [0, 0.1) is 6.92 Å². The highest BCUT2D eigenvalue weighted by molar-refractivity contribution is 5.96. The quantitative estimate of drug-likeness (QED) is 0.604. The lowest BCUT2D eigenvalue weighted by atomic mass is 10.1. The SMILES string of the molecule is Cc1ccccc1C1=[N+](C)CCN1C. The van der Waals surface area contributed by atoms with Crippen LogP contribution >= 0.6 is 0 Å². The summed E-state index contributed by atoms with van der Waals surface area (Å²) < 4.78 is 2.32. The molecule has 0 unspecified atom stereocenters. The van der Waals surface area contributed by atoms with Crippen LogP contribution in [0.3, 0.4) is 0 Å². The van der Waals surface area contributed by atoms with Crippen LogP contribution in [0.4, 0.5) is 0 Å². The van der Waals surface area contributed by atoms with Gasteiger partial charge in [0, 0.05) is 0 Å². The molecule has 1 aliphatic heterocycles. The molecule has 0 saturated carbocycles. The zero-order valence-electron chi connectivity index (χ0n) is 9.12. The molecule has 2 rings (SSSR count). The van der Waals surface area contributed by atoms with Crippen LogP contribution in [0.1, 0.15) is 11.1 Å². The number of benzene rings is 1. The number of aryl methyl sites for hydroxylation is 1. The monoisotopic (exact) mass is 189 g/mol. The van der Waals surface area contributed by atoms with E-state index in [1.165, 1.54) is 17.0 Å². The van der Waals surface area contributed by atoms with Crippen molar-refractivity contribution in [2.24, 2.45) is 0 Å². The molecular weight excluding hydrogens is 172 g/mol. The minimum absolute atomic E-state index is 1.13. The van der Waals surface area contributed by atoms with Gasteiger partial charge in [0.25, 0.3) is 5.84 Å². The molecule has 0 aliphatic carbocycles. The Bertz CT molecular complexity index is 380. The molecule has 0 N–H and O–H groups in total. The average Bonchev–Trinajstić information content (AvgIpc) is 2.48. The van der Waals surface area contributed by atoms with Gasteiger partial charge in [-0.15, -0.1) is 0 Å². The Morgan fingerprint density at radius 2 is 2.00 bits per heavy atom. The minimum atomic E-state index is 1.13. The van der Waals surface area contributed by atoms with Crippen molar-refractivity contribution < 1.29 is 4.58 Å². The van der Waals surface area contributed by atoms with E-state index < -0.39 is 0 Å². The second-order valence-corrected chi connectivity index (χ2v) is 3.98. The predicted molar refractivity (Wildman–Crippen MR) is 59.0 cm³/mol. The van der Waals surface area contributed by atoms with Crippen molar-refractivity contribution in [3.63, 3.8) is 0 Å². The van der Waals surface area contributed by atoms with Gasteiger partial charge in [0.15, 0.2) is 0 Å². The largest absolute Gasteiger partial charge is 0.279 e. The van der Waals surface area contributed by atoms with Crippen LogP contribution in [0.2, 0.25) is 0 Å². The zero-order valence-corrected chi connectivity index (χ0v) is 9.12. The van der Waals surface area contributed by atoms with Gasteiger partial charge in [0.05, 0.1) is 19.7 Å². The molecule has 0 saturated heterocycles. The standard InChI is InChI=1S/C12H17N2/c1-10-6-4-5-7-11(10)12-13(2)8-9-14(12)3/h4-7H,8-9H2,1-3H3/q+1. The molecule has 1 aliphatic rings. The first-order valence-electron chi connectivity index (χ1n) is 5.05. The van der Waals surface area contributed by atoms with Crippen molar-refractivity contribution in [3.05, 3.63) is 35.4 Å². The maximum absolute atomic E-state index is 2.32. The Hall–Kier alpha value is -1.31. The summed E-state index contributed by atoms with van der Waals surface area (Å²) in [5.41, 5.74) is 2.71. The zero-order chi connectivity index (χ0) is 10.1. The highest BCUT2D eigenvalue weighted by atomic mass is 15.3. The lowest BCUT2D eigenvalue weighted by Crippen LogP contribution is -2.26. The summed E-state index contributed by atoms with van der Waals surface area (Å²) in [6, 6.07) is 8.56. The topological polar surface area (TPSA) is 6.25 Å². The van der Waals surface area contributed by atoms with E-state index in [0.717, 1.165) is 13.1 Å². The van der Waals surface area contributed by atoms with Crippen LogP contribution in [-0.4, -0.2) is 42.5 Å². The Kier molecular flexibility index (Phi) is 2.28. The first-order chi connectivity index (χ1) is 6.70. The second kappa shape index (κ2) is 3.45. The van der Waals surface area contributed by atoms with Gasteiger partial charge in [-0.05, 0) is 18.6 Å². The summed E-state index contributed by atoms with van der Waals surface area (Å²) in [7, 11) is 4.32. The number of likely N-dealkylation sites (N-methyl/N-ethyl adjacent to an activating group) is 2. The van der Waals surface area contributed by atoms with Crippen LogP contribution in [0.5, 0.6) is 0 Å². The van der Waals surface area contributed by atoms with Gasteiger partial charge in [-0.1, -0.05) is 18.2 Å². The lowest BCUT2D eigenvalue weighted by Gasteiger charge is -2.09. The van der Waals surface area contributed by atoms with Crippen molar-refractivity contribution in [1.82, 2.24) is 4.90 Å². The third kappa shape index (κ3) is 1.41. The summed E-state index contributed by atoms with van der Waals surface area (Å²) >= 11 is 0. The van der Waals surface area contributed by atoms with Crippen LogP contribution in [0.25, 0.3) is 0 Å². The molecule has 1 aromatic carbocycles. The van der Waals surface area contributed by atoms with E-state index in [1.54, 1.807) is 0 Å². The van der Waals surface area contributed by atoms with Gasteiger partial charge in [-0.2, -0.15) is 0 Å². The van der Waals surface area contributed by atoms with Gasteiger partial charge in [0.1, 0.15) is 13.1 Å². The van der Waals surface area contributed by atoms with Crippen molar-refractivity contribution in [2.75, 3.05) is 27.2 Å². The van der Waals surface area contributed by atoms with E-state index in [1.807, 2.05) is 0 Å². The van der Waals surface area contributed by atoms with Crippen molar-refractivity contribution >= 4 is 5.84 Å². The fourth-order valence-electron chi connectivity index (χ4n) is 2.04. The van der Waals surface area contributed by atoms with E-state index in [2.05, 4.69) is 54.8 Å². The molecule has 0 fully saturated rings. The smallest absolute Gasteiger partial charge is 0.260 e. The maximum atomic E-state index is 2.32. The molecule has 0 bridgehead atoms. The van der Waals surface area contributed by atoms with E-state index >= 15 is 0 Å². The number of amidine groups is 1. The van der Waals surface area contributed by atoms with E-state index in [-0.39, 0.29) is 0 Å². The minimum Gasteiger partial charge on any atom is -0.260 e. The molecule has 0 aromatic heterocycles. The van der Waals surface area contributed by atoms with Crippen LogP contribution in [0.15, 0.2) is 24.3 Å². The highest BCUT2D eigenvalue weighted by Crippen LogP contribution is 2.12. The molecule has 14 heavy (non-hydrogen) atoms. The molecule has 0 radical (unpaired) electrons. The lowest BCUT2D eigenvalue weighted by molar-refractivity contribution is -0.486. The molecule has 2 nitrogen and oxygen atoms in total. The molecule has 1 heterocycles. The normalized spacial score (nSPS) is 16.6. The molecule has 0 atom stereocenters. The van der Waals surface area contributed by atoms with E-state index in [9.17, 15) is 0 Å². The summed E-state index contributed by atoms with van der Waals surface area (Å²) in [5, 5.41) is 0. The Morgan fingerprint density at radius 1 is 1.29 bits per heavy atom. The average molecular weight is 189 g/mol. The molecule has 0 amide bonds. The molecule has 1 aromatic rings. The first kappa shape index (κ1) is 9.25. The van der Waals surface area contributed by atoms with Gasteiger partial charge in [-0.25, -0.2) is 0 Å². The summed E-state index contributed by atoms with van der Waals surface area (Å²) in [4.78, 5) is 2.32. The molecular formula is C12H17N2+. The number of hydrogen-bond acceptors (Lipinski definition) is 1. The number of hydrogen-bond donors (Lipinski definition) is 0. The molecule has 2 heteroatoms. The third-order valence-electron chi connectivity index (χ3n) is 2.88. The van der Waals surface area contributed by atoms with E-state index in [0.29, 0.717) is 0 Å². The second-order valence-electron chi connectivity index (χ2n) is 3.98. The van der Waals surface area contributed by atoms with Crippen LogP contribution < -0.4 is 0 Å². The van der Waals surface area contributed by atoms with Gasteiger partial charge in [-0.3, -0.25) is 9.48 Å². The van der Waals surface area contributed by atoms with Gasteiger partial charge >= 0.3 is 0 Å². The Balaban J connectivity index is 2.50. The molecule has 74 valence electrons. The number of rotatable bonds is 1. The number of nitrogens with zero attached hydrogens (tertiary/aromatic N) is 2. The van der Waals surface area contributed by atoms with Crippen LogP contribution in [-0.2, 0) is 0 Å². The van der Waals surface area contributed by atoms with Crippen molar-refractivity contribution in [1.29, 1.82) is 0 Å².